The van der Waals surface area contributed by atoms with Gasteiger partial charge in [0.05, 0.1) is 6.10 Å². The maximum atomic E-state index is 5.76. The second kappa shape index (κ2) is 10.8. The predicted octanol–water partition coefficient (Wildman–Crippen LogP) is 4.14. The van der Waals surface area contributed by atoms with Gasteiger partial charge in [-0.25, -0.2) is 0 Å². The Kier molecular flexibility index (Phi) is 10.5. The van der Waals surface area contributed by atoms with E-state index in [9.17, 15) is 0 Å². The predicted molar refractivity (Wildman–Crippen MR) is 63.3 cm³/mol. The lowest BCUT2D eigenvalue weighted by atomic mass is 10.1. The molecule has 0 N–H and O–H groups in total. The Hall–Kier alpha value is -0.300. The summed E-state index contributed by atoms with van der Waals surface area (Å²) in [5, 5.41) is 0. The van der Waals surface area contributed by atoms with Crippen molar-refractivity contribution in [2.75, 3.05) is 6.61 Å². The van der Waals surface area contributed by atoms with Crippen molar-refractivity contribution in [2.45, 2.75) is 58.5 Å². The van der Waals surface area contributed by atoms with Gasteiger partial charge in [-0.15, -0.1) is 6.58 Å². The minimum Gasteiger partial charge on any atom is -0.378 e. The van der Waals surface area contributed by atoms with Gasteiger partial charge in [0.2, 0.25) is 0 Å². The maximum absolute atomic E-state index is 5.76. The molecule has 0 bridgehead atoms. The van der Waals surface area contributed by atoms with Crippen molar-refractivity contribution < 1.29 is 4.74 Å². The number of ether oxygens (including phenoxy) is 1. The summed E-state index contributed by atoms with van der Waals surface area (Å²) in [5.41, 5.74) is 0. The van der Waals surface area contributed by atoms with Crippen LogP contribution in [0.3, 0.4) is 0 Å². The first-order chi connectivity index (χ1) is 6.85. The molecule has 1 radical (unpaired) electrons. The van der Waals surface area contributed by atoms with Gasteiger partial charge in [-0.3, -0.25) is 0 Å². The van der Waals surface area contributed by atoms with Crippen molar-refractivity contribution in [2.24, 2.45) is 0 Å². The molecule has 1 atom stereocenters. The van der Waals surface area contributed by atoms with Gasteiger partial charge in [0.1, 0.15) is 0 Å². The third kappa shape index (κ3) is 8.31. The van der Waals surface area contributed by atoms with Crippen LogP contribution in [0.25, 0.3) is 0 Å². The summed E-state index contributed by atoms with van der Waals surface area (Å²) < 4.78 is 5.76. The van der Waals surface area contributed by atoms with E-state index in [0.717, 1.165) is 13.0 Å². The lowest BCUT2D eigenvalue weighted by Crippen LogP contribution is -2.13. The zero-order valence-corrected chi connectivity index (χ0v) is 9.80. The standard InChI is InChI=1S/C13H25O/c1-4-7-9-12-14-13(10-6-3)11-8-5-2/h6,10,13H,3-5,7-9,11-12H2,1-2H3. The summed E-state index contributed by atoms with van der Waals surface area (Å²) in [4.78, 5) is 0. The Labute approximate surface area is 89.5 Å². The molecule has 0 aromatic carbocycles. The molecule has 0 saturated carbocycles. The van der Waals surface area contributed by atoms with E-state index in [-0.39, 0.29) is 0 Å². The Morgan fingerprint density at radius 3 is 2.43 bits per heavy atom. The molecule has 14 heavy (non-hydrogen) atoms. The molecule has 0 amide bonds. The lowest BCUT2D eigenvalue weighted by Gasteiger charge is -2.15. The molecule has 0 aromatic heterocycles. The first kappa shape index (κ1) is 13.7. The average Bonchev–Trinajstić information content (AvgIpc) is 2.20. The van der Waals surface area contributed by atoms with Crippen LogP contribution in [0.2, 0.25) is 0 Å². The molecular formula is C13H25O. The second-order valence-corrected chi connectivity index (χ2v) is 3.69. The monoisotopic (exact) mass is 197 g/mol. The molecule has 0 aliphatic rings. The second-order valence-electron chi connectivity index (χ2n) is 3.69. The normalized spacial score (nSPS) is 12.7. The number of hydrogen-bond acceptors (Lipinski definition) is 1. The first-order valence-corrected chi connectivity index (χ1v) is 5.92. The third-order valence-corrected chi connectivity index (χ3v) is 2.27. The molecule has 0 fully saturated rings. The Morgan fingerprint density at radius 1 is 1.14 bits per heavy atom. The van der Waals surface area contributed by atoms with E-state index in [2.05, 4.69) is 26.8 Å². The minimum absolute atomic E-state index is 0.296. The van der Waals surface area contributed by atoms with Crippen molar-refractivity contribution >= 4 is 0 Å². The first-order valence-electron chi connectivity index (χ1n) is 5.92. The topological polar surface area (TPSA) is 9.23 Å². The fourth-order valence-corrected chi connectivity index (χ4v) is 1.38. The van der Waals surface area contributed by atoms with E-state index in [1.54, 1.807) is 0 Å². The van der Waals surface area contributed by atoms with Crippen LogP contribution in [-0.4, -0.2) is 12.7 Å². The molecule has 1 heteroatoms. The highest BCUT2D eigenvalue weighted by Gasteiger charge is 2.05. The Bertz CT molecular complexity index is 120. The molecule has 0 aliphatic heterocycles. The molecule has 0 rings (SSSR count). The number of hydrogen-bond donors (Lipinski definition) is 0. The summed E-state index contributed by atoms with van der Waals surface area (Å²) >= 11 is 0. The van der Waals surface area contributed by atoms with E-state index in [0.29, 0.717) is 6.10 Å². The molecular weight excluding hydrogens is 172 g/mol. The van der Waals surface area contributed by atoms with E-state index in [1.807, 2.05) is 6.08 Å². The van der Waals surface area contributed by atoms with Crippen molar-refractivity contribution in [1.29, 1.82) is 0 Å². The molecule has 1 unspecified atom stereocenters. The van der Waals surface area contributed by atoms with Crippen molar-refractivity contribution in [3.63, 3.8) is 0 Å². The quantitative estimate of drug-likeness (QED) is 0.478. The highest BCUT2D eigenvalue weighted by Crippen LogP contribution is 2.09. The summed E-state index contributed by atoms with van der Waals surface area (Å²) in [6.07, 6.45) is 11.5. The highest BCUT2D eigenvalue weighted by atomic mass is 16.5. The highest BCUT2D eigenvalue weighted by molar-refractivity contribution is 4.93. The molecule has 0 aliphatic carbocycles. The van der Waals surface area contributed by atoms with E-state index >= 15 is 0 Å². The fourth-order valence-electron chi connectivity index (χ4n) is 1.38. The van der Waals surface area contributed by atoms with Gasteiger partial charge in [-0.2, -0.15) is 0 Å². The minimum atomic E-state index is 0.296. The van der Waals surface area contributed by atoms with Crippen LogP contribution >= 0.6 is 0 Å². The van der Waals surface area contributed by atoms with Gasteiger partial charge in [0.15, 0.2) is 0 Å². The number of unbranched alkanes of at least 4 members (excludes halogenated alkanes) is 3. The van der Waals surface area contributed by atoms with Crippen LogP contribution in [0.4, 0.5) is 0 Å². The fraction of sp³-hybridized carbons (Fsp3) is 0.769. The van der Waals surface area contributed by atoms with Crippen LogP contribution < -0.4 is 0 Å². The van der Waals surface area contributed by atoms with E-state index < -0.39 is 0 Å². The molecule has 0 aromatic rings. The van der Waals surface area contributed by atoms with Crippen LogP contribution in [0.15, 0.2) is 12.7 Å². The molecule has 0 spiro atoms. The van der Waals surface area contributed by atoms with Crippen LogP contribution in [0, 0.1) is 6.42 Å². The average molecular weight is 197 g/mol. The summed E-state index contributed by atoms with van der Waals surface area (Å²) in [7, 11) is 0. The van der Waals surface area contributed by atoms with Gasteiger partial charge in [-0.05, 0) is 12.8 Å². The molecule has 0 heterocycles. The Morgan fingerprint density at radius 2 is 1.86 bits per heavy atom. The van der Waals surface area contributed by atoms with Crippen LogP contribution in [-0.2, 0) is 4.74 Å². The SMILES string of the molecule is C=C[CH]C(CCCC)OCCCCC. The lowest BCUT2D eigenvalue weighted by molar-refractivity contribution is 0.0674. The summed E-state index contributed by atoms with van der Waals surface area (Å²) in [5.74, 6) is 0. The van der Waals surface area contributed by atoms with Crippen molar-refractivity contribution in [1.82, 2.24) is 0 Å². The zero-order valence-electron chi connectivity index (χ0n) is 9.80. The summed E-state index contributed by atoms with van der Waals surface area (Å²) in [6, 6.07) is 0. The maximum Gasteiger partial charge on any atom is 0.0644 e. The molecule has 0 saturated heterocycles. The third-order valence-electron chi connectivity index (χ3n) is 2.27. The van der Waals surface area contributed by atoms with Crippen LogP contribution in [0.1, 0.15) is 52.4 Å². The van der Waals surface area contributed by atoms with Gasteiger partial charge < -0.3 is 4.74 Å². The molecule has 83 valence electrons. The van der Waals surface area contributed by atoms with Gasteiger partial charge in [0, 0.05) is 13.0 Å². The van der Waals surface area contributed by atoms with Crippen molar-refractivity contribution in [3.8, 4) is 0 Å². The molecule has 1 nitrogen and oxygen atoms in total. The Balaban J connectivity index is 3.45. The van der Waals surface area contributed by atoms with Gasteiger partial charge in [0.25, 0.3) is 0 Å². The zero-order chi connectivity index (χ0) is 10.6. The van der Waals surface area contributed by atoms with Gasteiger partial charge >= 0.3 is 0 Å². The smallest absolute Gasteiger partial charge is 0.0644 e. The van der Waals surface area contributed by atoms with E-state index in [4.69, 9.17) is 4.74 Å². The number of rotatable bonds is 10. The largest absolute Gasteiger partial charge is 0.378 e. The van der Waals surface area contributed by atoms with Crippen molar-refractivity contribution in [3.05, 3.63) is 19.1 Å². The van der Waals surface area contributed by atoms with Crippen LogP contribution in [0.5, 0.6) is 0 Å². The van der Waals surface area contributed by atoms with Gasteiger partial charge in [-0.1, -0.05) is 45.6 Å². The summed E-state index contributed by atoms with van der Waals surface area (Å²) in [6.45, 7) is 9.04. The van der Waals surface area contributed by atoms with E-state index in [1.165, 1.54) is 32.1 Å².